The second kappa shape index (κ2) is 12.4. The molecule has 0 atom stereocenters. The van der Waals surface area contributed by atoms with Crippen molar-refractivity contribution in [2.45, 2.75) is 0 Å². The molecule has 10 rings (SSSR count). The van der Waals surface area contributed by atoms with Crippen molar-refractivity contribution in [3.63, 3.8) is 0 Å². The van der Waals surface area contributed by atoms with E-state index in [0.717, 1.165) is 89.7 Å². The Morgan fingerprint density at radius 3 is 1.67 bits per heavy atom. The summed E-state index contributed by atoms with van der Waals surface area (Å²) in [4.78, 5) is 10.2. The molecule has 0 aliphatic carbocycles. The summed E-state index contributed by atoms with van der Waals surface area (Å²) in [6, 6.07) is 65.4. The third-order valence-corrected chi connectivity index (χ3v) is 9.82. The first kappa shape index (κ1) is 29.8. The Morgan fingerprint density at radius 2 is 0.942 bits per heavy atom. The van der Waals surface area contributed by atoms with Crippen molar-refractivity contribution in [2.75, 3.05) is 0 Å². The van der Waals surface area contributed by atoms with Gasteiger partial charge in [-0.05, 0) is 42.0 Å². The molecule has 4 nitrogen and oxygen atoms in total. The van der Waals surface area contributed by atoms with Crippen LogP contribution in [0.5, 0.6) is 11.5 Å². The minimum atomic E-state index is 0.691. The first-order valence-corrected chi connectivity index (χ1v) is 17.5. The van der Waals surface area contributed by atoms with Crippen LogP contribution in [-0.2, 0) is 0 Å². The van der Waals surface area contributed by atoms with Crippen LogP contribution >= 0.6 is 0 Å². The second-order valence-corrected chi connectivity index (χ2v) is 13.0. The summed E-state index contributed by atoms with van der Waals surface area (Å²) in [7, 11) is 0. The van der Waals surface area contributed by atoms with Gasteiger partial charge in [0.15, 0.2) is 5.82 Å². The molecule has 1 aliphatic rings. The van der Waals surface area contributed by atoms with Crippen molar-refractivity contribution in [3.8, 4) is 84.6 Å². The van der Waals surface area contributed by atoms with Gasteiger partial charge in [-0.25, -0.2) is 9.97 Å². The zero-order valence-electron chi connectivity index (χ0n) is 28.1. The Kier molecular flexibility index (Phi) is 7.10. The number of aromatic nitrogens is 3. The average Bonchev–Trinajstić information content (AvgIpc) is 3.49. The molecule has 9 aromatic rings. The van der Waals surface area contributed by atoms with Gasteiger partial charge in [0.25, 0.3) is 0 Å². The molecular formula is C48H31N3O. The molecule has 0 fully saturated rings. The summed E-state index contributed by atoms with van der Waals surface area (Å²) in [6.07, 6.45) is 0. The van der Waals surface area contributed by atoms with Crippen LogP contribution in [0.4, 0.5) is 0 Å². The Bertz CT molecular complexity index is 2690. The van der Waals surface area contributed by atoms with E-state index in [1.165, 1.54) is 0 Å². The zero-order valence-corrected chi connectivity index (χ0v) is 28.1. The van der Waals surface area contributed by atoms with Gasteiger partial charge in [0.05, 0.1) is 22.6 Å². The van der Waals surface area contributed by atoms with Gasteiger partial charge in [0, 0.05) is 50.0 Å². The maximum atomic E-state index is 6.67. The van der Waals surface area contributed by atoms with Crippen LogP contribution in [0.2, 0.25) is 0 Å². The molecule has 0 bridgehead atoms. The van der Waals surface area contributed by atoms with Gasteiger partial charge in [-0.15, -0.1) is 0 Å². The van der Waals surface area contributed by atoms with E-state index in [4.69, 9.17) is 14.7 Å². The molecule has 0 unspecified atom stereocenters. The van der Waals surface area contributed by atoms with Gasteiger partial charge in [0.2, 0.25) is 0 Å². The topological polar surface area (TPSA) is 39.9 Å². The maximum Gasteiger partial charge on any atom is 0.160 e. The lowest BCUT2D eigenvalue weighted by molar-refractivity contribution is 0.487. The van der Waals surface area contributed by atoms with E-state index in [1.54, 1.807) is 0 Å². The van der Waals surface area contributed by atoms with Crippen LogP contribution in [-0.4, -0.2) is 14.5 Å². The van der Waals surface area contributed by atoms with Gasteiger partial charge in [-0.1, -0.05) is 152 Å². The fraction of sp³-hybridized carbons (Fsp3) is 0. The Labute approximate surface area is 301 Å². The summed E-state index contributed by atoms with van der Waals surface area (Å²) >= 11 is 0. The van der Waals surface area contributed by atoms with E-state index in [-0.39, 0.29) is 0 Å². The fourth-order valence-corrected chi connectivity index (χ4v) is 7.48. The highest BCUT2D eigenvalue weighted by Crippen LogP contribution is 2.53. The van der Waals surface area contributed by atoms with Gasteiger partial charge in [-0.2, -0.15) is 0 Å². The molecule has 2 aromatic heterocycles. The lowest BCUT2D eigenvalue weighted by Crippen LogP contribution is -2.00. The molecule has 3 heterocycles. The smallest absolute Gasteiger partial charge is 0.160 e. The van der Waals surface area contributed by atoms with Crippen molar-refractivity contribution >= 4 is 10.9 Å². The minimum Gasteiger partial charge on any atom is -0.456 e. The molecule has 0 saturated heterocycles. The van der Waals surface area contributed by atoms with E-state index in [0.29, 0.717) is 5.82 Å². The number of hydrogen-bond acceptors (Lipinski definition) is 3. The number of rotatable bonds is 5. The van der Waals surface area contributed by atoms with Crippen LogP contribution in [0.3, 0.4) is 0 Å². The number of para-hydroxylation sites is 3. The van der Waals surface area contributed by atoms with Gasteiger partial charge in [0.1, 0.15) is 11.5 Å². The largest absolute Gasteiger partial charge is 0.456 e. The van der Waals surface area contributed by atoms with Crippen LogP contribution in [0.25, 0.3) is 84.0 Å². The van der Waals surface area contributed by atoms with E-state index < -0.39 is 0 Å². The third-order valence-electron chi connectivity index (χ3n) is 9.82. The first-order valence-electron chi connectivity index (χ1n) is 17.5. The molecular weight excluding hydrogens is 635 g/mol. The second-order valence-electron chi connectivity index (χ2n) is 13.0. The lowest BCUT2D eigenvalue weighted by atomic mass is 9.96. The van der Waals surface area contributed by atoms with Crippen LogP contribution in [0, 0.1) is 0 Å². The highest BCUT2D eigenvalue weighted by atomic mass is 16.5. The van der Waals surface area contributed by atoms with E-state index in [9.17, 15) is 0 Å². The fourth-order valence-electron chi connectivity index (χ4n) is 7.48. The number of hydrogen-bond donors (Lipinski definition) is 0. The molecule has 4 heteroatoms. The van der Waals surface area contributed by atoms with E-state index >= 15 is 0 Å². The highest BCUT2D eigenvalue weighted by molar-refractivity contribution is 6.12. The SMILES string of the molecule is c1ccc(-c2cc(-c3cccc(-n4c5c(c6cccc(-c7ccccc7)c64)-c4ccccc4Oc4ccccc4-5)c3)nc(-c3ccccc3)n2)cc1. The number of nitrogens with zero attached hydrogens (tertiary/aromatic N) is 3. The number of ether oxygens (including phenoxy) is 1. The summed E-state index contributed by atoms with van der Waals surface area (Å²) in [6.45, 7) is 0. The first-order chi connectivity index (χ1) is 25.8. The zero-order chi connectivity index (χ0) is 34.4. The van der Waals surface area contributed by atoms with Crippen LogP contribution in [0.15, 0.2) is 188 Å². The molecule has 0 amide bonds. The quantitative estimate of drug-likeness (QED) is 0.184. The molecule has 244 valence electrons. The maximum absolute atomic E-state index is 6.67. The molecule has 0 N–H and O–H groups in total. The van der Waals surface area contributed by atoms with Gasteiger partial charge >= 0.3 is 0 Å². The molecule has 1 aliphatic heterocycles. The Morgan fingerprint density at radius 1 is 0.404 bits per heavy atom. The van der Waals surface area contributed by atoms with Crippen molar-refractivity contribution in [1.29, 1.82) is 0 Å². The van der Waals surface area contributed by atoms with Crippen molar-refractivity contribution in [1.82, 2.24) is 14.5 Å². The third kappa shape index (κ3) is 5.00. The molecule has 52 heavy (non-hydrogen) atoms. The van der Waals surface area contributed by atoms with Crippen LogP contribution < -0.4 is 4.74 Å². The predicted molar refractivity (Wildman–Crippen MR) is 212 cm³/mol. The Hall–Kier alpha value is -7.04. The summed E-state index contributed by atoms with van der Waals surface area (Å²) < 4.78 is 9.10. The van der Waals surface area contributed by atoms with Crippen molar-refractivity contribution < 1.29 is 4.74 Å². The standard InChI is InChI=1S/C48H31N3O/c1-4-16-32(17-5-1)37-26-15-27-40-45-38-24-10-12-28-43(38)52-44-29-13-11-25-39(44)47(45)51(46(37)40)36-23-14-22-35(30-36)42-31-41(33-18-6-2-7-19-33)49-48(50-42)34-20-8-3-9-21-34/h1-31H. The van der Waals surface area contributed by atoms with E-state index in [1.807, 2.05) is 48.5 Å². The van der Waals surface area contributed by atoms with Crippen molar-refractivity contribution in [3.05, 3.63) is 188 Å². The Balaban J connectivity index is 1.28. The molecule has 0 spiro atoms. The summed E-state index contributed by atoms with van der Waals surface area (Å²) in [5.41, 5.74) is 13.6. The van der Waals surface area contributed by atoms with E-state index in [2.05, 4.69) is 144 Å². The van der Waals surface area contributed by atoms with Crippen LogP contribution in [0.1, 0.15) is 0 Å². The number of fused-ring (bicyclic) bond motifs is 7. The summed E-state index contributed by atoms with van der Waals surface area (Å²) in [5.74, 6) is 2.36. The van der Waals surface area contributed by atoms with Crippen molar-refractivity contribution in [2.24, 2.45) is 0 Å². The monoisotopic (exact) mass is 665 g/mol. The minimum absolute atomic E-state index is 0.691. The van der Waals surface area contributed by atoms with Gasteiger partial charge in [-0.3, -0.25) is 0 Å². The predicted octanol–water partition coefficient (Wildman–Crippen LogP) is 12.5. The average molecular weight is 666 g/mol. The summed E-state index contributed by atoms with van der Waals surface area (Å²) in [5, 5.41) is 1.16. The molecule has 0 saturated carbocycles. The lowest BCUT2D eigenvalue weighted by Gasteiger charge is -2.17. The normalized spacial score (nSPS) is 11.6. The number of benzene rings is 7. The molecule has 7 aromatic carbocycles. The van der Waals surface area contributed by atoms with Gasteiger partial charge < -0.3 is 9.30 Å². The highest BCUT2D eigenvalue weighted by Gasteiger charge is 2.29. The molecule has 0 radical (unpaired) electrons.